The summed E-state index contributed by atoms with van der Waals surface area (Å²) >= 11 is 1.09. The zero-order valence-electron chi connectivity index (χ0n) is 12.5. The number of nitrogens with zero attached hydrogens (tertiary/aromatic N) is 1. The van der Waals surface area contributed by atoms with Gasteiger partial charge in [0.1, 0.15) is 5.75 Å². The number of rotatable bonds is 2. The van der Waals surface area contributed by atoms with Gasteiger partial charge in [-0.3, -0.25) is 4.79 Å². The summed E-state index contributed by atoms with van der Waals surface area (Å²) in [4.78, 5) is 16.5. The highest BCUT2D eigenvalue weighted by molar-refractivity contribution is 8.18. The number of hydrogen-bond acceptors (Lipinski definition) is 4. The van der Waals surface area contributed by atoms with Gasteiger partial charge >= 0.3 is 6.18 Å². The minimum atomic E-state index is -4.39. The Morgan fingerprint density at radius 2 is 1.68 bits per heavy atom. The van der Waals surface area contributed by atoms with Crippen LogP contribution in [-0.2, 0) is 11.0 Å². The second kappa shape index (κ2) is 6.64. The van der Waals surface area contributed by atoms with E-state index in [9.17, 15) is 23.1 Å². The van der Waals surface area contributed by atoms with E-state index < -0.39 is 11.7 Å². The fourth-order valence-electron chi connectivity index (χ4n) is 2.04. The second-order valence-electron chi connectivity index (χ2n) is 5.12. The van der Waals surface area contributed by atoms with E-state index in [-0.39, 0.29) is 11.7 Å². The largest absolute Gasteiger partial charge is 0.508 e. The average Bonchev–Trinajstić information content (AvgIpc) is 2.89. The Hall–Kier alpha value is -2.74. The van der Waals surface area contributed by atoms with E-state index in [2.05, 4.69) is 10.3 Å². The molecule has 0 spiro atoms. The van der Waals surface area contributed by atoms with Gasteiger partial charge in [0.05, 0.1) is 16.2 Å². The van der Waals surface area contributed by atoms with Gasteiger partial charge in [0.2, 0.25) is 0 Å². The van der Waals surface area contributed by atoms with Crippen LogP contribution in [0.15, 0.2) is 58.4 Å². The number of amides is 1. The van der Waals surface area contributed by atoms with E-state index in [0.717, 1.165) is 23.9 Å². The molecule has 25 heavy (non-hydrogen) atoms. The van der Waals surface area contributed by atoms with Crippen molar-refractivity contribution in [1.82, 2.24) is 5.32 Å². The molecule has 0 atom stereocenters. The predicted octanol–water partition coefficient (Wildman–Crippen LogP) is 4.30. The molecule has 0 unspecified atom stereocenters. The summed E-state index contributed by atoms with van der Waals surface area (Å²) in [6.07, 6.45) is -2.89. The first-order valence-electron chi connectivity index (χ1n) is 7.07. The van der Waals surface area contributed by atoms with Crippen LogP contribution in [0.3, 0.4) is 0 Å². The summed E-state index contributed by atoms with van der Waals surface area (Å²) in [6, 6.07) is 10.7. The second-order valence-corrected chi connectivity index (χ2v) is 6.15. The average molecular weight is 364 g/mol. The number of amidine groups is 1. The molecule has 4 nitrogen and oxygen atoms in total. The number of aromatic hydroxyl groups is 1. The Balaban J connectivity index is 1.78. The fraction of sp³-hybridized carbons (Fsp3) is 0.0588. The molecule has 0 radical (unpaired) electrons. The summed E-state index contributed by atoms with van der Waals surface area (Å²) < 4.78 is 37.7. The molecule has 2 N–H and O–H groups in total. The molecule has 2 aromatic rings. The third kappa shape index (κ3) is 4.21. The van der Waals surface area contributed by atoms with Gasteiger partial charge in [-0.15, -0.1) is 0 Å². The van der Waals surface area contributed by atoms with Gasteiger partial charge in [-0.05, 0) is 59.8 Å². The van der Waals surface area contributed by atoms with Crippen molar-refractivity contribution in [2.45, 2.75) is 6.18 Å². The number of phenolic OH excluding ortho intramolecular Hbond substituents is 1. The van der Waals surface area contributed by atoms with Gasteiger partial charge in [-0.1, -0.05) is 12.1 Å². The Morgan fingerprint density at radius 1 is 1.04 bits per heavy atom. The highest BCUT2D eigenvalue weighted by Crippen LogP contribution is 2.31. The summed E-state index contributed by atoms with van der Waals surface area (Å²) in [5, 5.41) is 12.2. The number of phenols is 1. The normalized spacial score (nSPS) is 18.0. The third-order valence-electron chi connectivity index (χ3n) is 3.27. The molecule has 1 amide bonds. The number of halogens is 3. The van der Waals surface area contributed by atoms with Crippen molar-refractivity contribution in [3.05, 3.63) is 64.6 Å². The first-order valence-corrected chi connectivity index (χ1v) is 7.89. The summed E-state index contributed by atoms with van der Waals surface area (Å²) in [5.41, 5.74) is 0.292. The number of thioether (sulfide) groups is 1. The molecule has 1 fully saturated rings. The molecule has 3 rings (SSSR count). The topological polar surface area (TPSA) is 61.7 Å². The molecular formula is C17H11F3N2O2S. The lowest BCUT2D eigenvalue weighted by Crippen LogP contribution is -2.19. The Kier molecular flexibility index (Phi) is 4.54. The van der Waals surface area contributed by atoms with E-state index in [4.69, 9.17) is 0 Å². The zero-order chi connectivity index (χ0) is 18.0. The van der Waals surface area contributed by atoms with E-state index in [1.54, 1.807) is 12.1 Å². The van der Waals surface area contributed by atoms with E-state index in [0.29, 0.717) is 21.3 Å². The molecule has 0 aromatic heterocycles. The maximum atomic E-state index is 12.6. The van der Waals surface area contributed by atoms with Crippen LogP contribution in [0.4, 0.5) is 18.9 Å². The van der Waals surface area contributed by atoms with E-state index in [1.165, 1.54) is 30.3 Å². The van der Waals surface area contributed by atoms with Crippen LogP contribution in [0.1, 0.15) is 11.1 Å². The number of nitrogens with one attached hydrogen (secondary N) is 1. The van der Waals surface area contributed by atoms with Crippen LogP contribution in [0.25, 0.3) is 6.08 Å². The summed E-state index contributed by atoms with van der Waals surface area (Å²) in [5.74, 6) is -0.266. The molecule has 2 aromatic carbocycles. The molecule has 1 saturated heterocycles. The highest BCUT2D eigenvalue weighted by Gasteiger charge is 2.30. The quantitative estimate of drug-likeness (QED) is 0.781. The molecule has 0 saturated carbocycles. The number of benzene rings is 2. The van der Waals surface area contributed by atoms with Crippen LogP contribution in [0.2, 0.25) is 0 Å². The Morgan fingerprint density at radius 3 is 2.28 bits per heavy atom. The molecular weight excluding hydrogens is 353 g/mol. The van der Waals surface area contributed by atoms with Gasteiger partial charge in [0.15, 0.2) is 5.17 Å². The number of carbonyl (C=O) groups is 1. The minimum Gasteiger partial charge on any atom is -0.508 e. The molecule has 1 heterocycles. The molecule has 1 aliphatic rings. The van der Waals surface area contributed by atoms with Crippen LogP contribution >= 0.6 is 11.8 Å². The molecule has 128 valence electrons. The van der Waals surface area contributed by atoms with Gasteiger partial charge in [0, 0.05) is 0 Å². The number of aliphatic imine (C=N–C) groups is 1. The summed E-state index contributed by atoms with van der Waals surface area (Å²) in [6.45, 7) is 0. The van der Waals surface area contributed by atoms with Crippen molar-refractivity contribution >= 4 is 34.6 Å². The smallest absolute Gasteiger partial charge is 0.416 e. The van der Waals surface area contributed by atoms with E-state index >= 15 is 0 Å². The van der Waals surface area contributed by atoms with Gasteiger partial charge in [-0.2, -0.15) is 13.2 Å². The third-order valence-corrected chi connectivity index (χ3v) is 4.18. The van der Waals surface area contributed by atoms with Gasteiger partial charge in [-0.25, -0.2) is 4.99 Å². The monoisotopic (exact) mass is 364 g/mol. The van der Waals surface area contributed by atoms with Crippen LogP contribution in [0.5, 0.6) is 5.75 Å². The number of carbonyl (C=O) groups excluding carboxylic acids is 1. The molecule has 8 heteroatoms. The summed E-state index contributed by atoms with van der Waals surface area (Å²) in [7, 11) is 0. The molecule has 0 bridgehead atoms. The number of hydrogen-bond donors (Lipinski definition) is 2. The van der Waals surface area contributed by atoms with Crippen LogP contribution in [-0.4, -0.2) is 16.2 Å². The standard InChI is InChI=1S/C17H11F3N2O2S/c18-17(19,20)11-3-1-10(2-4-11)9-14-15(24)22-16(25-14)21-12-5-7-13(23)8-6-12/h1-9,23H,(H,21,22,24). The van der Waals surface area contributed by atoms with Crippen molar-refractivity contribution in [2.24, 2.45) is 4.99 Å². The highest BCUT2D eigenvalue weighted by atomic mass is 32.2. The number of alkyl halides is 3. The van der Waals surface area contributed by atoms with Gasteiger partial charge in [0.25, 0.3) is 5.91 Å². The SMILES string of the molecule is O=C1NC(=Nc2ccc(O)cc2)SC1=Cc1ccc(C(F)(F)F)cc1. The van der Waals surface area contributed by atoms with Gasteiger partial charge < -0.3 is 10.4 Å². The molecule has 1 aliphatic heterocycles. The molecule has 0 aliphatic carbocycles. The van der Waals surface area contributed by atoms with Crippen LogP contribution < -0.4 is 5.32 Å². The van der Waals surface area contributed by atoms with Crippen molar-refractivity contribution in [1.29, 1.82) is 0 Å². The lowest BCUT2D eigenvalue weighted by Gasteiger charge is -2.06. The van der Waals surface area contributed by atoms with Crippen LogP contribution in [0, 0.1) is 0 Å². The predicted molar refractivity (Wildman–Crippen MR) is 90.4 cm³/mol. The van der Waals surface area contributed by atoms with Crippen molar-refractivity contribution in [3.8, 4) is 5.75 Å². The first kappa shape index (κ1) is 17.1. The fourth-order valence-corrected chi connectivity index (χ4v) is 2.89. The van der Waals surface area contributed by atoms with Crippen molar-refractivity contribution in [3.63, 3.8) is 0 Å². The lowest BCUT2D eigenvalue weighted by molar-refractivity contribution is -0.137. The Bertz CT molecular complexity index is 857. The van der Waals surface area contributed by atoms with Crippen molar-refractivity contribution in [2.75, 3.05) is 0 Å². The maximum absolute atomic E-state index is 12.6. The minimum absolute atomic E-state index is 0.106. The zero-order valence-corrected chi connectivity index (χ0v) is 13.4. The van der Waals surface area contributed by atoms with Crippen molar-refractivity contribution < 1.29 is 23.1 Å². The Labute approximate surface area is 145 Å². The lowest BCUT2D eigenvalue weighted by atomic mass is 10.1. The first-order chi connectivity index (χ1) is 11.8. The van der Waals surface area contributed by atoms with E-state index in [1.807, 2.05) is 0 Å². The maximum Gasteiger partial charge on any atom is 0.416 e.